The van der Waals surface area contributed by atoms with E-state index in [1.807, 2.05) is 13.0 Å². The summed E-state index contributed by atoms with van der Waals surface area (Å²) in [6.45, 7) is 2.46. The first kappa shape index (κ1) is 25.9. The Balaban J connectivity index is 1.53. The summed E-state index contributed by atoms with van der Waals surface area (Å²) in [5.74, 6) is -0.675. The highest BCUT2D eigenvalue weighted by atomic mass is 19.4. The third-order valence-corrected chi connectivity index (χ3v) is 5.79. The number of amides is 1. The molecule has 10 heteroatoms. The molecule has 1 unspecified atom stereocenters. The summed E-state index contributed by atoms with van der Waals surface area (Å²) in [5.41, 5.74) is 6.04. The molecular formula is C27H24F4N4O2. The van der Waals surface area contributed by atoms with Gasteiger partial charge in [0.2, 0.25) is 0 Å². The normalized spacial score (nSPS) is 15.8. The topological polar surface area (TPSA) is 89.6 Å². The van der Waals surface area contributed by atoms with Gasteiger partial charge in [0.25, 0.3) is 5.91 Å². The van der Waals surface area contributed by atoms with Crippen LogP contribution < -0.4 is 15.8 Å². The van der Waals surface area contributed by atoms with Crippen LogP contribution in [0.5, 0.6) is 5.75 Å². The highest BCUT2D eigenvalue weighted by molar-refractivity contribution is 6.13. The molecule has 1 aliphatic heterocycles. The highest BCUT2D eigenvalue weighted by Crippen LogP contribution is 2.41. The fraction of sp³-hybridized carbons (Fsp3) is 0.222. The Morgan fingerprint density at radius 1 is 1.19 bits per heavy atom. The van der Waals surface area contributed by atoms with Gasteiger partial charge in [-0.15, -0.1) is 0 Å². The van der Waals surface area contributed by atoms with Gasteiger partial charge in [-0.2, -0.15) is 13.2 Å². The van der Waals surface area contributed by atoms with Crippen LogP contribution in [0.3, 0.4) is 0 Å². The quantitative estimate of drug-likeness (QED) is 0.258. The van der Waals surface area contributed by atoms with Gasteiger partial charge in [0.05, 0.1) is 17.9 Å². The number of hydrogen-bond donors (Lipinski definition) is 2. The lowest BCUT2D eigenvalue weighted by Gasteiger charge is -2.13. The molecule has 0 radical (unpaired) electrons. The number of allylic oxidation sites excluding steroid dienone is 1. The van der Waals surface area contributed by atoms with Crippen molar-refractivity contribution in [2.45, 2.75) is 25.4 Å². The molecular weight excluding hydrogens is 488 g/mol. The molecule has 0 bridgehead atoms. The first-order valence-electron chi connectivity index (χ1n) is 11.5. The van der Waals surface area contributed by atoms with Crippen LogP contribution >= 0.6 is 0 Å². The van der Waals surface area contributed by atoms with Crippen molar-refractivity contribution in [2.24, 2.45) is 10.7 Å². The zero-order valence-electron chi connectivity index (χ0n) is 19.8. The van der Waals surface area contributed by atoms with Gasteiger partial charge < -0.3 is 15.8 Å². The average Bonchev–Trinajstić information content (AvgIpc) is 3.25. The predicted molar refractivity (Wildman–Crippen MR) is 132 cm³/mol. The Morgan fingerprint density at radius 2 is 1.89 bits per heavy atom. The molecule has 0 fully saturated rings. The number of pyridine rings is 1. The van der Waals surface area contributed by atoms with E-state index >= 15 is 0 Å². The molecule has 3 N–H and O–H groups in total. The maximum Gasteiger partial charge on any atom is 0.431 e. The molecule has 1 aliphatic rings. The number of ether oxygens (including phenoxy) is 1. The molecule has 1 amide bonds. The summed E-state index contributed by atoms with van der Waals surface area (Å²) >= 11 is 0. The van der Waals surface area contributed by atoms with Gasteiger partial charge >= 0.3 is 6.18 Å². The van der Waals surface area contributed by atoms with E-state index in [0.29, 0.717) is 35.0 Å². The third kappa shape index (κ3) is 6.14. The fourth-order valence-electron chi connectivity index (χ4n) is 3.81. The van der Waals surface area contributed by atoms with Crippen LogP contribution in [-0.4, -0.2) is 36.4 Å². The largest absolute Gasteiger partial charge is 0.490 e. The monoisotopic (exact) mass is 512 g/mol. The molecule has 2 aromatic carbocycles. The van der Waals surface area contributed by atoms with E-state index in [0.717, 1.165) is 11.8 Å². The van der Waals surface area contributed by atoms with Crippen molar-refractivity contribution in [3.8, 4) is 17.0 Å². The van der Waals surface area contributed by atoms with Crippen molar-refractivity contribution in [1.82, 2.24) is 10.3 Å². The predicted octanol–water partition coefficient (Wildman–Crippen LogP) is 5.22. The Labute approximate surface area is 210 Å². The SMILES string of the molecule is CC1COc2c1cc(CCNC(=O)/C(C=Nc1ccccc1)=C(/N)C(F)(F)F)nc2-c1ccc(F)cc1. The number of halogens is 4. The molecule has 0 spiro atoms. The van der Waals surface area contributed by atoms with Crippen molar-refractivity contribution in [2.75, 3.05) is 13.2 Å². The van der Waals surface area contributed by atoms with Gasteiger partial charge in [0.1, 0.15) is 23.0 Å². The zero-order chi connectivity index (χ0) is 26.6. The van der Waals surface area contributed by atoms with Crippen molar-refractivity contribution in [3.63, 3.8) is 0 Å². The number of fused-ring (bicyclic) bond motifs is 1. The molecule has 0 saturated heterocycles. The Morgan fingerprint density at radius 3 is 2.57 bits per heavy atom. The minimum Gasteiger partial charge on any atom is -0.490 e. The van der Waals surface area contributed by atoms with Crippen molar-refractivity contribution in [1.29, 1.82) is 0 Å². The van der Waals surface area contributed by atoms with Gasteiger partial charge in [-0.1, -0.05) is 25.1 Å². The third-order valence-electron chi connectivity index (χ3n) is 5.79. The zero-order valence-corrected chi connectivity index (χ0v) is 19.8. The molecule has 6 nitrogen and oxygen atoms in total. The number of carbonyl (C=O) groups excluding carboxylic acids is 1. The Hall–Kier alpha value is -4.21. The van der Waals surface area contributed by atoms with Crippen LogP contribution in [0.25, 0.3) is 11.3 Å². The van der Waals surface area contributed by atoms with E-state index in [2.05, 4.69) is 15.3 Å². The number of alkyl halides is 3. The van der Waals surface area contributed by atoms with E-state index in [1.54, 1.807) is 42.5 Å². The van der Waals surface area contributed by atoms with E-state index in [1.165, 1.54) is 12.1 Å². The van der Waals surface area contributed by atoms with Crippen LogP contribution in [0.2, 0.25) is 0 Å². The number of rotatable bonds is 7. The number of nitrogens with zero attached hydrogens (tertiary/aromatic N) is 2. The van der Waals surface area contributed by atoms with Crippen LogP contribution in [0.15, 0.2) is 76.9 Å². The maximum absolute atomic E-state index is 13.4. The Kier molecular flexibility index (Phi) is 7.56. The average molecular weight is 513 g/mol. The van der Waals surface area contributed by atoms with Gasteiger partial charge in [-0.05, 0) is 42.5 Å². The second kappa shape index (κ2) is 10.8. The number of hydrogen-bond acceptors (Lipinski definition) is 5. The summed E-state index contributed by atoms with van der Waals surface area (Å²) in [4.78, 5) is 21.3. The molecule has 3 aromatic rings. The second-order valence-corrected chi connectivity index (χ2v) is 8.52. The van der Waals surface area contributed by atoms with Crippen LogP contribution in [-0.2, 0) is 11.2 Å². The van der Waals surface area contributed by atoms with E-state index in [4.69, 9.17) is 10.5 Å². The smallest absolute Gasteiger partial charge is 0.431 e. The summed E-state index contributed by atoms with van der Waals surface area (Å²) in [6, 6.07) is 15.9. The lowest BCUT2D eigenvalue weighted by molar-refractivity contribution is -0.118. The molecule has 192 valence electrons. The lowest BCUT2D eigenvalue weighted by atomic mass is 9.99. The molecule has 37 heavy (non-hydrogen) atoms. The highest BCUT2D eigenvalue weighted by Gasteiger charge is 2.35. The van der Waals surface area contributed by atoms with Gasteiger partial charge in [0, 0.05) is 41.9 Å². The standard InChI is InChI=1S/C27H24F4N4O2/c1-16-15-37-24-21(16)13-20(35-23(24)17-7-9-18(28)10-8-17)11-12-33-26(36)22(25(32)27(29,30)31)14-34-19-5-3-2-4-6-19/h2-10,13-14,16H,11-12,15,32H2,1H3,(H,33,36)/b25-22+,34-14?. The van der Waals surface area contributed by atoms with Gasteiger partial charge in [0.15, 0.2) is 0 Å². The van der Waals surface area contributed by atoms with Gasteiger partial charge in [-0.25, -0.2) is 9.37 Å². The number of nitrogens with one attached hydrogen (secondary N) is 1. The number of aromatic nitrogens is 1. The number of benzene rings is 2. The van der Waals surface area contributed by atoms with E-state index < -0.39 is 23.4 Å². The Bertz CT molecular complexity index is 1340. The minimum atomic E-state index is -4.91. The second-order valence-electron chi connectivity index (χ2n) is 8.52. The molecule has 0 aliphatic carbocycles. The molecule has 4 rings (SSSR count). The number of aliphatic imine (C=N–C) groups is 1. The maximum atomic E-state index is 13.4. The summed E-state index contributed by atoms with van der Waals surface area (Å²) in [5, 5.41) is 2.48. The fourth-order valence-corrected chi connectivity index (χ4v) is 3.81. The van der Waals surface area contributed by atoms with E-state index in [-0.39, 0.29) is 24.7 Å². The van der Waals surface area contributed by atoms with Crippen LogP contribution in [0, 0.1) is 5.82 Å². The number of carbonyl (C=O) groups is 1. The minimum absolute atomic E-state index is 0.00344. The first-order chi connectivity index (χ1) is 17.6. The molecule has 1 aromatic heterocycles. The first-order valence-corrected chi connectivity index (χ1v) is 11.5. The number of para-hydroxylation sites is 1. The molecule has 1 atom stereocenters. The van der Waals surface area contributed by atoms with Crippen LogP contribution in [0.4, 0.5) is 23.2 Å². The summed E-state index contributed by atoms with van der Waals surface area (Å²) in [6.07, 6.45) is -3.86. The number of nitrogens with two attached hydrogens (primary N) is 1. The van der Waals surface area contributed by atoms with Crippen molar-refractivity contribution in [3.05, 3.63) is 89.0 Å². The van der Waals surface area contributed by atoms with Gasteiger partial charge in [-0.3, -0.25) is 9.79 Å². The van der Waals surface area contributed by atoms with Crippen molar-refractivity contribution < 1.29 is 27.1 Å². The lowest BCUT2D eigenvalue weighted by Crippen LogP contribution is -2.33. The molecule has 0 saturated carbocycles. The molecule has 2 heterocycles. The van der Waals surface area contributed by atoms with E-state index in [9.17, 15) is 22.4 Å². The summed E-state index contributed by atoms with van der Waals surface area (Å²) < 4.78 is 59.1. The van der Waals surface area contributed by atoms with Crippen molar-refractivity contribution >= 4 is 17.8 Å². The summed E-state index contributed by atoms with van der Waals surface area (Å²) in [7, 11) is 0. The van der Waals surface area contributed by atoms with Crippen LogP contribution in [0.1, 0.15) is 24.1 Å².